The van der Waals surface area contributed by atoms with Crippen molar-refractivity contribution in [2.45, 2.75) is 39.0 Å². The number of likely N-dealkylation sites (N-methyl/N-ethyl adjacent to an activating group) is 1. The van der Waals surface area contributed by atoms with E-state index in [1.54, 1.807) is 0 Å². The first-order valence-electron chi connectivity index (χ1n) is 10.3. The maximum absolute atomic E-state index is 4.35. The molecule has 5 heteroatoms. The van der Waals surface area contributed by atoms with Crippen LogP contribution in [0.4, 0.5) is 0 Å². The van der Waals surface area contributed by atoms with Crippen molar-refractivity contribution in [1.82, 2.24) is 20.4 Å². The quantitative estimate of drug-likeness (QED) is 0.593. The second kappa shape index (κ2) is 10.7. The summed E-state index contributed by atoms with van der Waals surface area (Å²) in [6.07, 6.45) is 2.26. The van der Waals surface area contributed by atoms with Gasteiger partial charge in [0.1, 0.15) is 0 Å². The molecule has 0 radical (unpaired) electrons. The van der Waals surface area contributed by atoms with E-state index in [2.05, 4.69) is 77.5 Å². The maximum atomic E-state index is 4.35. The fraction of sp³-hybridized carbons (Fsp3) is 0.682. The van der Waals surface area contributed by atoms with Crippen LogP contribution in [0.5, 0.6) is 0 Å². The summed E-state index contributed by atoms with van der Waals surface area (Å²) in [4.78, 5) is 9.31. The van der Waals surface area contributed by atoms with Crippen LogP contribution in [-0.2, 0) is 11.8 Å². The van der Waals surface area contributed by atoms with Crippen molar-refractivity contribution >= 4 is 5.96 Å². The minimum atomic E-state index is 0.214. The molecule has 0 aromatic heterocycles. The molecule has 0 aliphatic carbocycles. The predicted molar refractivity (Wildman–Crippen MR) is 117 cm³/mol. The Balaban J connectivity index is 1.66. The van der Waals surface area contributed by atoms with E-state index in [9.17, 15) is 0 Å². The molecule has 1 aliphatic rings. The smallest absolute Gasteiger partial charge is 0.191 e. The van der Waals surface area contributed by atoms with Crippen LogP contribution in [0.25, 0.3) is 0 Å². The van der Waals surface area contributed by atoms with Gasteiger partial charge in [-0.15, -0.1) is 0 Å². The van der Waals surface area contributed by atoms with Crippen molar-refractivity contribution in [3.63, 3.8) is 0 Å². The topological polar surface area (TPSA) is 42.9 Å². The van der Waals surface area contributed by atoms with E-state index in [-0.39, 0.29) is 5.41 Å². The Morgan fingerprint density at radius 3 is 2.37 bits per heavy atom. The number of nitrogens with one attached hydrogen (secondary N) is 2. The van der Waals surface area contributed by atoms with Crippen LogP contribution in [0.3, 0.4) is 0 Å². The molecular weight excluding hydrogens is 334 g/mol. The SMILES string of the molecule is CN=C(NCCc1ccc(C(C)(C)C)cc1)NCCN1CCCN(C)CC1. The summed E-state index contributed by atoms with van der Waals surface area (Å²) in [6, 6.07) is 8.99. The highest BCUT2D eigenvalue weighted by molar-refractivity contribution is 5.79. The standard InChI is InChI=1S/C22H39N5/c1-22(2,3)20-9-7-19(8-10-20)11-12-24-21(23-4)25-13-16-27-15-6-14-26(5)17-18-27/h7-10H,6,11-18H2,1-5H3,(H2,23,24,25). The largest absolute Gasteiger partial charge is 0.356 e. The zero-order chi connectivity index (χ0) is 19.7. The molecule has 1 aromatic rings. The fourth-order valence-electron chi connectivity index (χ4n) is 3.37. The molecule has 2 rings (SSSR count). The molecule has 1 fully saturated rings. The number of benzene rings is 1. The van der Waals surface area contributed by atoms with E-state index < -0.39 is 0 Å². The van der Waals surface area contributed by atoms with Crippen LogP contribution in [0.15, 0.2) is 29.3 Å². The normalized spacial score (nSPS) is 17.6. The van der Waals surface area contributed by atoms with Crippen molar-refractivity contribution in [2.24, 2.45) is 4.99 Å². The Hall–Kier alpha value is -1.59. The van der Waals surface area contributed by atoms with Crippen molar-refractivity contribution in [2.75, 3.05) is 59.9 Å². The molecule has 0 atom stereocenters. The Labute approximate surface area is 166 Å². The molecule has 1 heterocycles. The van der Waals surface area contributed by atoms with Crippen LogP contribution < -0.4 is 10.6 Å². The third kappa shape index (κ3) is 7.89. The second-order valence-electron chi connectivity index (χ2n) is 8.62. The minimum absolute atomic E-state index is 0.214. The van der Waals surface area contributed by atoms with Gasteiger partial charge in [0, 0.05) is 39.8 Å². The molecule has 1 aromatic carbocycles. The third-order valence-corrected chi connectivity index (χ3v) is 5.28. The minimum Gasteiger partial charge on any atom is -0.356 e. The van der Waals surface area contributed by atoms with Gasteiger partial charge in [-0.1, -0.05) is 45.0 Å². The van der Waals surface area contributed by atoms with Gasteiger partial charge in [0.15, 0.2) is 5.96 Å². The highest BCUT2D eigenvalue weighted by Gasteiger charge is 2.13. The fourth-order valence-corrected chi connectivity index (χ4v) is 3.37. The van der Waals surface area contributed by atoms with Gasteiger partial charge in [0.05, 0.1) is 0 Å². The average molecular weight is 374 g/mol. The molecule has 2 N–H and O–H groups in total. The molecule has 0 saturated carbocycles. The summed E-state index contributed by atoms with van der Waals surface area (Å²) in [6.45, 7) is 14.4. The number of rotatable bonds is 6. The lowest BCUT2D eigenvalue weighted by Gasteiger charge is -2.21. The highest BCUT2D eigenvalue weighted by Crippen LogP contribution is 2.22. The first kappa shape index (κ1) is 21.7. The van der Waals surface area contributed by atoms with E-state index in [0.717, 1.165) is 38.6 Å². The highest BCUT2D eigenvalue weighted by atomic mass is 15.2. The van der Waals surface area contributed by atoms with Crippen molar-refractivity contribution in [3.05, 3.63) is 35.4 Å². The molecule has 27 heavy (non-hydrogen) atoms. The van der Waals surface area contributed by atoms with E-state index >= 15 is 0 Å². The molecule has 0 bridgehead atoms. The van der Waals surface area contributed by atoms with Gasteiger partial charge < -0.3 is 20.4 Å². The van der Waals surface area contributed by atoms with Gasteiger partial charge in [-0.2, -0.15) is 0 Å². The molecule has 1 aliphatic heterocycles. The lowest BCUT2D eigenvalue weighted by Crippen LogP contribution is -2.42. The Morgan fingerprint density at radius 2 is 1.70 bits per heavy atom. The average Bonchev–Trinajstić information content (AvgIpc) is 2.84. The second-order valence-corrected chi connectivity index (χ2v) is 8.62. The number of guanidine groups is 1. The molecule has 152 valence electrons. The van der Waals surface area contributed by atoms with Gasteiger partial charge in [-0.05, 0) is 49.5 Å². The van der Waals surface area contributed by atoms with Gasteiger partial charge >= 0.3 is 0 Å². The van der Waals surface area contributed by atoms with Crippen LogP contribution >= 0.6 is 0 Å². The van der Waals surface area contributed by atoms with Gasteiger partial charge in [0.25, 0.3) is 0 Å². The number of hydrogen-bond acceptors (Lipinski definition) is 3. The molecule has 1 saturated heterocycles. The number of hydrogen-bond donors (Lipinski definition) is 2. The maximum Gasteiger partial charge on any atom is 0.191 e. The van der Waals surface area contributed by atoms with Gasteiger partial charge in [0.2, 0.25) is 0 Å². The van der Waals surface area contributed by atoms with Crippen LogP contribution in [0.2, 0.25) is 0 Å². The molecule has 0 amide bonds. The molecular formula is C22H39N5. The van der Waals surface area contributed by atoms with E-state index in [1.807, 2.05) is 7.05 Å². The van der Waals surface area contributed by atoms with Gasteiger partial charge in [-0.25, -0.2) is 0 Å². The molecule has 5 nitrogen and oxygen atoms in total. The van der Waals surface area contributed by atoms with E-state index in [4.69, 9.17) is 0 Å². The predicted octanol–water partition coefficient (Wildman–Crippen LogP) is 2.33. The van der Waals surface area contributed by atoms with Crippen molar-refractivity contribution in [3.8, 4) is 0 Å². The Kier molecular flexibility index (Phi) is 8.58. The zero-order valence-corrected chi connectivity index (χ0v) is 18.0. The van der Waals surface area contributed by atoms with Gasteiger partial charge in [-0.3, -0.25) is 4.99 Å². The summed E-state index contributed by atoms with van der Waals surface area (Å²) >= 11 is 0. The Morgan fingerprint density at radius 1 is 1.00 bits per heavy atom. The molecule has 0 unspecified atom stereocenters. The molecule has 0 spiro atoms. The lowest BCUT2D eigenvalue weighted by atomic mass is 9.86. The lowest BCUT2D eigenvalue weighted by molar-refractivity contribution is 0.280. The van der Waals surface area contributed by atoms with Crippen molar-refractivity contribution in [1.29, 1.82) is 0 Å². The number of aliphatic imine (C=N–C) groups is 1. The summed E-state index contributed by atoms with van der Waals surface area (Å²) < 4.78 is 0. The van der Waals surface area contributed by atoms with Crippen molar-refractivity contribution < 1.29 is 0 Å². The summed E-state index contributed by atoms with van der Waals surface area (Å²) in [5.41, 5.74) is 2.96. The van der Waals surface area contributed by atoms with Crippen LogP contribution in [-0.4, -0.2) is 75.7 Å². The first-order chi connectivity index (χ1) is 12.9. The van der Waals surface area contributed by atoms with E-state index in [0.29, 0.717) is 0 Å². The summed E-state index contributed by atoms with van der Waals surface area (Å²) in [7, 11) is 4.05. The Bertz CT molecular complexity index is 573. The number of nitrogens with zero attached hydrogens (tertiary/aromatic N) is 3. The third-order valence-electron chi connectivity index (χ3n) is 5.28. The monoisotopic (exact) mass is 373 g/mol. The van der Waals surface area contributed by atoms with E-state index in [1.165, 1.54) is 37.2 Å². The van der Waals surface area contributed by atoms with Crippen LogP contribution in [0.1, 0.15) is 38.3 Å². The zero-order valence-electron chi connectivity index (χ0n) is 18.0. The first-order valence-corrected chi connectivity index (χ1v) is 10.3. The summed E-state index contributed by atoms with van der Waals surface area (Å²) in [5, 5.41) is 6.88. The van der Waals surface area contributed by atoms with Crippen LogP contribution in [0, 0.1) is 0 Å². The summed E-state index contributed by atoms with van der Waals surface area (Å²) in [5.74, 6) is 0.897.